The van der Waals surface area contributed by atoms with Crippen molar-refractivity contribution in [3.63, 3.8) is 0 Å². The Bertz CT molecular complexity index is 900. The fourth-order valence-electron chi connectivity index (χ4n) is 2.77. The second-order valence-corrected chi connectivity index (χ2v) is 7.39. The molecule has 138 valence electrons. The molecule has 2 aromatic heterocycles. The first-order chi connectivity index (χ1) is 12.9. The second-order valence-electron chi connectivity index (χ2n) is 7.39. The van der Waals surface area contributed by atoms with Crippen molar-refractivity contribution in [2.45, 2.75) is 32.7 Å². The van der Waals surface area contributed by atoms with Crippen LogP contribution in [0.4, 0.5) is 11.5 Å². The molecule has 0 saturated heterocycles. The Hall–Kier alpha value is -3.21. The number of amides is 1. The zero-order valence-electron chi connectivity index (χ0n) is 15.9. The van der Waals surface area contributed by atoms with Crippen LogP contribution < -0.4 is 10.6 Å². The highest BCUT2D eigenvalue weighted by molar-refractivity contribution is 5.94. The van der Waals surface area contributed by atoms with E-state index in [0.29, 0.717) is 17.9 Å². The number of hydrogen-bond donors (Lipinski definition) is 2. The highest BCUT2D eigenvalue weighted by atomic mass is 16.1. The standard InChI is InChI=1S/C22H24N4O/c1-22(2,3)18-6-4-5-7-19(18)26-20-9-8-17(15-24-20)21(27)25-14-16-10-12-23-13-11-16/h4-13,15H,14H2,1-3H3,(H,24,26)(H,25,27). The summed E-state index contributed by atoms with van der Waals surface area (Å²) in [5.74, 6) is 0.554. The van der Waals surface area contributed by atoms with Gasteiger partial charge in [-0.3, -0.25) is 9.78 Å². The highest BCUT2D eigenvalue weighted by Crippen LogP contribution is 2.30. The number of aromatic nitrogens is 2. The molecule has 3 aromatic rings. The second kappa shape index (κ2) is 7.99. The van der Waals surface area contributed by atoms with Crippen LogP contribution in [0.3, 0.4) is 0 Å². The Morgan fingerprint density at radius 2 is 1.74 bits per heavy atom. The minimum atomic E-state index is -0.152. The van der Waals surface area contributed by atoms with Gasteiger partial charge in [-0.05, 0) is 46.9 Å². The van der Waals surface area contributed by atoms with Crippen LogP contribution in [0.1, 0.15) is 42.3 Å². The third-order valence-electron chi connectivity index (χ3n) is 4.23. The van der Waals surface area contributed by atoms with Crippen LogP contribution in [0.2, 0.25) is 0 Å². The van der Waals surface area contributed by atoms with E-state index < -0.39 is 0 Å². The first kappa shape index (κ1) is 18.6. The molecule has 2 N–H and O–H groups in total. The Morgan fingerprint density at radius 3 is 2.41 bits per heavy atom. The molecule has 0 atom stereocenters. The molecule has 0 unspecified atom stereocenters. The molecule has 3 rings (SSSR count). The minimum Gasteiger partial charge on any atom is -0.348 e. The summed E-state index contributed by atoms with van der Waals surface area (Å²) >= 11 is 0. The predicted octanol–water partition coefficient (Wildman–Crippen LogP) is 4.45. The van der Waals surface area contributed by atoms with Gasteiger partial charge in [0.1, 0.15) is 5.82 Å². The van der Waals surface area contributed by atoms with Gasteiger partial charge < -0.3 is 10.6 Å². The molecule has 0 bridgehead atoms. The van der Waals surface area contributed by atoms with Crippen LogP contribution in [0.15, 0.2) is 67.1 Å². The van der Waals surface area contributed by atoms with Gasteiger partial charge in [0, 0.05) is 30.8 Å². The van der Waals surface area contributed by atoms with Gasteiger partial charge >= 0.3 is 0 Å². The third kappa shape index (κ3) is 4.91. The molecular formula is C22H24N4O. The number of rotatable bonds is 5. The van der Waals surface area contributed by atoms with E-state index in [1.54, 1.807) is 24.7 Å². The van der Waals surface area contributed by atoms with Gasteiger partial charge in [-0.15, -0.1) is 0 Å². The zero-order chi connectivity index (χ0) is 19.3. The van der Waals surface area contributed by atoms with E-state index >= 15 is 0 Å². The van der Waals surface area contributed by atoms with Gasteiger partial charge in [-0.25, -0.2) is 4.98 Å². The Balaban J connectivity index is 1.66. The fourth-order valence-corrected chi connectivity index (χ4v) is 2.77. The van der Waals surface area contributed by atoms with Crippen molar-refractivity contribution in [1.29, 1.82) is 0 Å². The van der Waals surface area contributed by atoms with Gasteiger partial charge in [0.25, 0.3) is 5.91 Å². The summed E-state index contributed by atoms with van der Waals surface area (Å²) in [4.78, 5) is 20.6. The molecule has 0 fully saturated rings. The van der Waals surface area contributed by atoms with Gasteiger partial charge in [-0.2, -0.15) is 0 Å². The number of benzene rings is 1. The lowest BCUT2D eigenvalue weighted by atomic mass is 9.86. The lowest BCUT2D eigenvalue weighted by Crippen LogP contribution is -2.22. The van der Waals surface area contributed by atoms with E-state index in [9.17, 15) is 4.79 Å². The van der Waals surface area contributed by atoms with E-state index in [2.05, 4.69) is 47.4 Å². The number of hydrogen-bond acceptors (Lipinski definition) is 4. The molecule has 0 aliphatic rings. The maximum Gasteiger partial charge on any atom is 0.253 e. The van der Waals surface area contributed by atoms with E-state index in [-0.39, 0.29) is 11.3 Å². The number of nitrogens with one attached hydrogen (secondary N) is 2. The number of para-hydroxylation sites is 1. The normalized spacial score (nSPS) is 11.1. The van der Waals surface area contributed by atoms with Crippen molar-refractivity contribution in [2.75, 3.05) is 5.32 Å². The molecule has 1 amide bonds. The molecule has 1 aromatic carbocycles. The maximum absolute atomic E-state index is 12.3. The van der Waals surface area contributed by atoms with Gasteiger partial charge in [0.05, 0.1) is 5.56 Å². The topological polar surface area (TPSA) is 66.9 Å². The third-order valence-corrected chi connectivity index (χ3v) is 4.23. The van der Waals surface area contributed by atoms with Crippen molar-refractivity contribution in [3.05, 3.63) is 83.8 Å². The summed E-state index contributed by atoms with van der Waals surface area (Å²) in [5, 5.41) is 6.24. The van der Waals surface area contributed by atoms with Crippen LogP contribution >= 0.6 is 0 Å². The van der Waals surface area contributed by atoms with Crippen molar-refractivity contribution >= 4 is 17.4 Å². The van der Waals surface area contributed by atoms with E-state index in [1.165, 1.54) is 5.56 Å². The molecule has 0 aliphatic heterocycles. The molecule has 0 radical (unpaired) electrons. The molecular weight excluding hydrogens is 336 g/mol. The van der Waals surface area contributed by atoms with E-state index in [4.69, 9.17) is 0 Å². The number of pyridine rings is 2. The molecule has 2 heterocycles. The van der Waals surface area contributed by atoms with Crippen LogP contribution in [-0.2, 0) is 12.0 Å². The largest absolute Gasteiger partial charge is 0.348 e. The fraction of sp³-hybridized carbons (Fsp3) is 0.227. The van der Waals surface area contributed by atoms with Crippen LogP contribution in [-0.4, -0.2) is 15.9 Å². The summed E-state index contributed by atoms with van der Waals surface area (Å²) in [6.45, 7) is 6.99. The number of carbonyl (C=O) groups is 1. The van der Waals surface area contributed by atoms with E-state index in [0.717, 1.165) is 11.3 Å². The van der Waals surface area contributed by atoms with Gasteiger partial charge in [0.2, 0.25) is 0 Å². The predicted molar refractivity (Wildman–Crippen MR) is 108 cm³/mol. The summed E-state index contributed by atoms with van der Waals surface area (Å²) in [6, 6.07) is 15.5. The number of nitrogens with zero attached hydrogens (tertiary/aromatic N) is 2. The van der Waals surface area contributed by atoms with Crippen molar-refractivity contribution in [2.24, 2.45) is 0 Å². The molecule has 0 aliphatic carbocycles. The highest BCUT2D eigenvalue weighted by Gasteiger charge is 2.17. The molecule has 0 spiro atoms. The minimum absolute atomic E-state index is 0.0242. The summed E-state index contributed by atoms with van der Waals surface area (Å²) in [7, 11) is 0. The zero-order valence-corrected chi connectivity index (χ0v) is 15.9. The number of anilines is 2. The Morgan fingerprint density at radius 1 is 1.00 bits per heavy atom. The number of carbonyl (C=O) groups excluding carboxylic acids is 1. The van der Waals surface area contributed by atoms with Crippen LogP contribution in [0.5, 0.6) is 0 Å². The SMILES string of the molecule is CC(C)(C)c1ccccc1Nc1ccc(C(=O)NCc2ccncc2)cn1. The molecule has 5 heteroatoms. The summed E-state index contributed by atoms with van der Waals surface area (Å²) in [5.41, 5.74) is 3.79. The van der Waals surface area contributed by atoms with Gasteiger partial charge in [-0.1, -0.05) is 39.0 Å². The monoisotopic (exact) mass is 360 g/mol. The van der Waals surface area contributed by atoms with Crippen molar-refractivity contribution in [3.8, 4) is 0 Å². The molecule has 27 heavy (non-hydrogen) atoms. The lowest BCUT2D eigenvalue weighted by Gasteiger charge is -2.23. The quantitative estimate of drug-likeness (QED) is 0.705. The van der Waals surface area contributed by atoms with E-state index in [1.807, 2.05) is 36.4 Å². The Labute approximate surface area is 159 Å². The molecule has 0 saturated carbocycles. The molecule has 5 nitrogen and oxygen atoms in total. The van der Waals surface area contributed by atoms with Gasteiger partial charge in [0.15, 0.2) is 0 Å². The Kier molecular flexibility index (Phi) is 5.50. The first-order valence-corrected chi connectivity index (χ1v) is 8.93. The van der Waals surface area contributed by atoms with Crippen molar-refractivity contribution < 1.29 is 4.79 Å². The van der Waals surface area contributed by atoms with Crippen LogP contribution in [0, 0.1) is 0 Å². The van der Waals surface area contributed by atoms with Crippen LogP contribution in [0.25, 0.3) is 0 Å². The summed E-state index contributed by atoms with van der Waals surface area (Å²) < 4.78 is 0. The smallest absolute Gasteiger partial charge is 0.253 e. The average Bonchev–Trinajstić information content (AvgIpc) is 2.67. The first-order valence-electron chi connectivity index (χ1n) is 8.93. The maximum atomic E-state index is 12.3. The lowest BCUT2D eigenvalue weighted by molar-refractivity contribution is 0.0950. The summed E-state index contributed by atoms with van der Waals surface area (Å²) in [6.07, 6.45) is 5.00. The average molecular weight is 360 g/mol. The van der Waals surface area contributed by atoms with Crippen molar-refractivity contribution in [1.82, 2.24) is 15.3 Å².